The van der Waals surface area contributed by atoms with E-state index in [0.717, 1.165) is 44.2 Å². The number of nitrogens with one attached hydrogen (secondary N) is 1. The highest BCUT2D eigenvalue weighted by molar-refractivity contribution is 7.15. The first-order valence-corrected chi connectivity index (χ1v) is 8.54. The van der Waals surface area contributed by atoms with Crippen molar-refractivity contribution in [2.45, 2.75) is 52.7 Å². The molecule has 0 aliphatic carbocycles. The van der Waals surface area contributed by atoms with Gasteiger partial charge in [-0.3, -0.25) is 0 Å². The van der Waals surface area contributed by atoms with Gasteiger partial charge in [-0.15, -0.1) is 11.3 Å². The Bertz CT molecular complexity index is 421. The van der Waals surface area contributed by atoms with Crippen molar-refractivity contribution in [3.63, 3.8) is 0 Å². The molecular formula is C15H27N3OS. The zero-order valence-corrected chi connectivity index (χ0v) is 13.9. The van der Waals surface area contributed by atoms with Gasteiger partial charge < -0.3 is 15.0 Å². The Hall–Kier alpha value is -0.650. The second kappa shape index (κ2) is 7.38. The van der Waals surface area contributed by atoms with E-state index < -0.39 is 0 Å². The van der Waals surface area contributed by atoms with Crippen LogP contribution >= 0.6 is 11.3 Å². The van der Waals surface area contributed by atoms with E-state index in [-0.39, 0.29) is 0 Å². The standard InChI is InChI=1S/C15H27N3OS/c1-5-7-16-11(3)14-12(4)17-15(20-14)18-8-9-19-13(6-2)10-18/h11,13,16H,5-10H2,1-4H3. The number of morpholine rings is 1. The number of anilines is 1. The van der Waals surface area contributed by atoms with Crippen molar-refractivity contribution in [1.82, 2.24) is 10.3 Å². The molecule has 5 heteroatoms. The molecule has 1 N–H and O–H groups in total. The van der Waals surface area contributed by atoms with Gasteiger partial charge in [0.05, 0.1) is 18.4 Å². The Morgan fingerprint density at radius 3 is 3.00 bits per heavy atom. The highest BCUT2D eigenvalue weighted by Crippen LogP contribution is 2.31. The molecular weight excluding hydrogens is 270 g/mol. The van der Waals surface area contributed by atoms with Crippen LogP contribution in [0.15, 0.2) is 0 Å². The van der Waals surface area contributed by atoms with Gasteiger partial charge in [0.25, 0.3) is 0 Å². The summed E-state index contributed by atoms with van der Waals surface area (Å²) in [6.07, 6.45) is 2.59. The van der Waals surface area contributed by atoms with Crippen LogP contribution in [0.2, 0.25) is 0 Å². The lowest BCUT2D eigenvalue weighted by atomic mass is 10.2. The largest absolute Gasteiger partial charge is 0.375 e. The Morgan fingerprint density at radius 2 is 2.30 bits per heavy atom. The molecule has 0 amide bonds. The molecule has 1 aromatic rings. The highest BCUT2D eigenvalue weighted by atomic mass is 32.1. The lowest BCUT2D eigenvalue weighted by Gasteiger charge is -2.32. The summed E-state index contributed by atoms with van der Waals surface area (Å²) in [6.45, 7) is 12.5. The number of rotatable bonds is 6. The van der Waals surface area contributed by atoms with Gasteiger partial charge in [0, 0.05) is 24.0 Å². The van der Waals surface area contributed by atoms with E-state index in [2.05, 4.69) is 37.9 Å². The van der Waals surface area contributed by atoms with Gasteiger partial charge in [0.2, 0.25) is 0 Å². The van der Waals surface area contributed by atoms with Crippen LogP contribution in [-0.2, 0) is 4.74 Å². The van der Waals surface area contributed by atoms with Gasteiger partial charge in [-0.05, 0) is 33.2 Å². The van der Waals surface area contributed by atoms with Crippen LogP contribution in [0.4, 0.5) is 5.13 Å². The second-order valence-corrected chi connectivity index (χ2v) is 6.48. The van der Waals surface area contributed by atoms with Crippen LogP contribution in [0, 0.1) is 6.92 Å². The molecule has 1 aliphatic heterocycles. The smallest absolute Gasteiger partial charge is 0.185 e. The van der Waals surface area contributed by atoms with Crippen LogP contribution in [0.5, 0.6) is 0 Å². The molecule has 2 rings (SSSR count). The molecule has 2 unspecified atom stereocenters. The lowest BCUT2D eigenvalue weighted by molar-refractivity contribution is 0.0384. The molecule has 1 aliphatic rings. The third-order valence-corrected chi connectivity index (χ3v) is 5.18. The fraction of sp³-hybridized carbons (Fsp3) is 0.800. The quantitative estimate of drug-likeness (QED) is 0.875. The predicted molar refractivity (Wildman–Crippen MR) is 85.8 cm³/mol. The zero-order chi connectivity index (χ0) is 14.5. The number of nitrogens with zero attached hydrogens (tertiary/aromatic N) is 2. The minimum atomic E-state index is 0.354. The van der Waals surface area contributed by atoms with E-state index in [0.29, 0.717) is 12.1 Å². The maximum Gasteiger partial charge on any atom is 0.185 e. The molecule has 0 aromatic carbocycles. The van der Waals surface area contributed by atoms with Crippen LogP contribution in [0.1, 0.15) is 50.2 Å². The van der Waals surface area contributed by atoms with E-state index in [4.69, 9.17) is 9.72 Å². The maximum absolute atomic E-state index is 5.74. The summed E-state index contributed by atoms with van der Waals surface area (Å²) >= 11 is 1.83. The molecule has 0 spiro atoms. The van der Waals surface area contributed by atoms with Crippen LogP contribution in [0.3, 0.4) is 0 Å². The summed E-state index contributed by atoms with van der Waals surface area (Å²) in [5.41, 5.74) is 1.17. The molecule has 0 saturated carbocycles. The molecule has 1 fully saturated rings. The van der Waals surface area contributed by atoms with E-state index in [9.17, 15) is 0 Å². The first-order valence-electron chi connectivity index (χ1n) is 7.72. The van der Waals surface area contributed by atoms with Crippen molar-refractivity contribution < 1.29 is 4.74 Å². The number of hydrogen-bond donors (Lipinski definition) is 1. The van der Waals surface area contributed by atoms with Crippen molar-refractivity contribution in [2.24, 2.45) is 0 Å². The molecule has 2 heterocycles. The van der Waals surface area contributed by atoms with E-state index in [1.54, 1.807) is 0 Å². The molecule has 1 aromatic heterocycles. The summed E-state index contributed by atoms with van der Waals surface area (Å²) in [6, 6.07) is 0.393. The predicted octanol–water partition coefficient (Wildman–Crippen LogP) is 3.13. The normalized spacial score (nSPS) is 21.2. The first-order chi connectivity index (χ1) is 9.65. The third-order valence-electron chi connectivity index (χ3n) is 3.78. The molecule has 20 heavy (non-hydrogen) atoms. The topological polar surface area (TPSA) is 37.4 Å². The van der Waals surface area contributed by atoms with Crippen LogP contribution < -0.4 is 10.2 Å². The third kappa shape index (κ3) is 3.71. The summed E-state index contributed by atoms with van der Waals surface area (Å²) < 4.78 is 5.74. The summed E-state index contributed by atoms with van der Waals surface area (Å²) in [5, 5.41) is 4.71. The number of aryl methyl sites for hydroxylation is 1. The monoisotopic (exact) mass is 297 g/mol. The van der Waals surface area contributed by atoms with Gasteiger partial charge >= 0.3 is 0 Å². The maximum atomic E-state index is 5.74. The summed E-state index contributed by atoms with van der Waals surface area (Å²) in [4.78, 5) is 8.53. The average molecular weight is 297 g/mol. The van der Waals surface area contributed by atoms with Crippen LogP contribution in [-0.4, -0.2) is 37.3 Å². The van der Waals surface area contributed by atoms with Crippen molar-refractivity contribution in [1.29, 1.82) is 0 Å². The molecule has 4 nitrogen and oxygen atoms in total. The van der Waals surface area contributed by atoms with E-state index in [1.165, 1.54) is 10.6 Å². The number of aromatic nitrogens is 1. The molecule has 114 valence electrons. The minimum absolute atomic E-state index is 0.354. The van der Waals surface area contributed by atoms with Gasteiger partial charge in [-0.2, -0.15) is 0 Å². The fourth-order valence-corrected chi connectivity index (χ4v) is 3.65. The minimum Gasteiger partial charge on any atom is -0.375 e. The number of thiazole rings is 1. The van der Waals surface area contributed by atoms with E-state index >= 15 is 0 Å². The van der Waals surface area contributed by atoms with E-state index in [1.807, 2.05) is 11.3 Å². The van der Waals surface area contributed by atoms with Crippen molar-refractivity contribution in [3.05, 3.63) is 10.6 Å². The summed E-state index contributed by atoms with van der Waals surface area (Å²) in [5.74, 6) is 0. The molecule has 1 saturated heterocycles. The first kappa shape index (κ1) is 15.7. The molecule has 2 atom stereocenters. The molecule has 0 bridgehead atoms. The number of hydrogen-bond acceptors (Lipinski definition) is 5. The van der Waals surface area contributed by atoms with Gasteiger partial charge in [0.1, 0.15) is 0 Å². The van der Waals surface area contributed by atoms with Crippen LogP contribution in [0.25, 0.3) is 0 Å². The Balaban J connectivity index is 2.06. The second-order valence-electron chi connectivity index (χ2n) is 5.47. The van der Waals surface area contributed by atoms with Gasteiger partial charge in [0.15, 0.2) is 5.13 Å². The lowest BCUT2D eigenvalue weighted by Crippen LogP contribution is -2.42. The number of ether oxygens (including phenoxy) is 1. The highest BCUT2D eigenvalue weighted by Gasteiger charge is 2.23. The van der Waals surface area contributed by atoms with Gasteiger partial charge in [-0.25, -0.2) is 4.98 Å². The average Bonchev–Trinajstić information content (AvgIpc) is 2.87. The fourth-order valence-electron chi connectivity index (χ4n) is 2.52. The summed E-state index contributed by atoms with van der Waals surface area (Å²) in [7, 11) is 0. The van der Waals surface area contributed by atoms with Crippen molar-refractivity contribution in [2.75, 3.05) is 31.1 Å². The Morgan fingerprint density at radius 1 is 1.50 bits per heavy atom. The SMILES string of the molecule is CCCNC(C)c1sc(N2CCOC(CC)C2)nc1C. The van der Waals surface area contributed by atoms with Gasteiger partial charge in [-0.1, -0.05) is 13.8 Å². The zero-order valence-electron chi connectivity index (χ0n) is 13.1. The Kier molecular flexibility index (Phi) is 5.81. The van der Waals surface area contributed by atoms with Crippen molar-refractivity contribution in [3.8, 4) is 0 Å². The molecule has 0 radical (unpaired) electrons. The Labute approximate surface area is 126 Å². The van der Waals surface area contributed by atoms with Crippen molar-refractivity contribution >= 4 is 16.5 Å².